The van der Waals surface area contributed by atoms with E-state index in [1.807, 2.05) is 32.2 Å². The number of nitrogens with one attached hydrogen (secondary N) is 1. The van der Waals surface area contributed by atoms with Crippen LogP contribution < -0.4 is 5.32 Å². The number of hydrogen-bond donors (Lipinski definition) is 1. The molecule has 17 heavy (non-hydrogen) atoms. The number of nitrogens with zero attached hydrogens (tertiary/aromatic N) is 1. The molecule has 0 aliphatic rings. The Morgan fingerprint density at radius 1 is 1.41 bits per heavy atom. The van der Waals surface area contributed by atoms with E-state index in [0.717, 1.165) is 17.8 Å². The van der Waals surface area contributed by atoms with Crippen molar-refractivity contribution in [1.82, 2.24) is 10.3 Å². The molecule has 1 unspecified atom stereocenters. The van der Waals surface area contributed by atoms with Crippen molar-refractivity contribution in [2.45, 2.75) is 25.8 Å². The van der Waals surface area contributed by atoms with Crippen LogP contribution in [0, 0.1) is 6.92 Å². The van der Waals surface area contributed by atoms with Crippen LogP contribution in [0.1, 0.15) is 30.3 Å². The zero-order chi connectivity index (χ0) is 12.9. The largest absolute Gasteiger partial charge is 0.312 e. The van der Waals surface area contributed by atoms with Crippen LogP contribution in [-0.2, 0) is 9.84 Å². The summed E-state index contributed by atoms with van der Waals surface area (Å²) in [7, 11) is -0.996. The molecule has 1 heterocycles. The molecule has 0 saturated carbocycles. The van der Waals surface area contributed by atoms with Crippen molar-refractivity contribution in [3.63, 3.8) is 0 Å². The first-order chi connectivity index (χ1) is 7.92. The summed E-state index contributed by atoms with van der Waals surface area (Å²) in [5.74, 6) is 0.233. The van der Waals surface area contributed by atoms with Crippen LogP contribution in [0.4, 0.5) is 0 Å². The molecule has 96 valence electrons. The average Bonchev–Trinajstić information content (AvgIpc) is 2.23. The Bertz CT molecular complexity index is 457. The minimum absolute atomic E-state index is 0.122. The lowest BCUT2D eigenvalue weighted by atomic mass is 10.1. The van der Waals surface area contributed by atoms with Gasteiger partial charge in [0, 0.05) is 23.7 Å². The summed E-state index contributed by atoms with van der Waals surface area (Å²) in [6.45, 7) is 1.95. The summed E-state index contributed by atoms with van der Waals surface area (Å²) in [6.07, 6.45) is 2.70. The minimum atomic E-state index is -2.87. The maximum absolute atomic E-state index is 11.1. The predicted molar refractivity (Wildman–Crippen MR) is 69.7 cm³/mol. The van der Waals surface area contributed by atoms with Gasteiger partial charge in [-0.25, -0.2) is 8.42 Å². The SMILES string of the molecule is CNC(CCCS(C)(=O)=O)c1cccc(C)n1. The molecule has 0 fully saturated rings. The number of hydrogen-bond acceptors (Lipinski definition) is 4. The van der Waals surface area contributed by atoms with Gasteiger partial charge in [-0.2, -0.15) is 0 Å². The normalized spacial score (nSPS) is 13.6. The van der Waals surface area contributed by atoms with Crippen molar-refractivity contribution >= 4 is 9.84 Å². The summed E-state index contributed by atoms with van der Waals surface area (Å²) < 4.78 is 22.1. The molecule has 0 aromatic carbocycles. The second-order valence-corrected chi connectivity index (χ2v) is 6.58. The molecule has 0 aliphatic carbocycles. The van der Waals surface area contributed by atoms with Gasteiger partial charge >= 0.3 is 0 Å². The molecule has 5 heteroatoms. The Kier molecular flexibility index (Phi) is 5.08. The van der Waals surface area contributed by atoms with Gasteiger partial charge in [-0.15, -0.1) is 0 Å². The predicted octanol–water partition coefficient (Wildman–Crippen LogP) is 1.48. The van der Waals surface area contributed by atoms with Crippen molar-refractivity contribution in [1.29, 1.82) is 0 Å². The maximum Gasteiger partial charge on any atom is 0.147 e. The van der Waals surface area contributed by atoms with E-state index in [1.165, 1.54) is 6.26 Å². The molecular weight excluding hydrogens is 236 g/mol. The first kappa shape index (κ1) is 14.1. The van der Waals surface area contributed by atoms with Gasteiger partial charge in [0.15, 0.2) is 0 Å². The van der Waals surface area contributed by atoms with Crippen LogP contribution in [0.15, 0.2) is 18.2 Å². The second-order valence-electron chi connectivity index (χ2n) is 4.32. The van der Waals surface area contributed by atoms with E-state index < -0.39 is 9.84 Å². The molecule has 0 spiro atoms. The highest BCUT2D eigenvalue weighted by Gasteiger charge is 2.12. The van der Waals surface area contributed by atoms with Crippen LogP contribution in [0.2, 0.25) is 0 Å². The van der Waals surface area contributed by atoms with Crippen molar-refractivity contribution in [2.75, 3.05) is 19.1 Å². The first-order valence-corrected chi connectivity index (χ1v) is 7.77. The number of pyridine rings is 1. The van der Waals surface area contributed by atoms with E-state index >= 15 is 0 Å². The number of sulfone groups is 1. The summed E-state index contributed by atoms with van der Waals surface area (Å²) in [5.41, 5.74) is 1.95. The van der Waals surface area contributed by atoms with Crippen LogP contribution >= 0.6 is 0 Å². The molecule has 1 rings (SSSR count). The molecule has 4 nitrogen and oxygen atoms in total. The van der Waals surface area contributed by atoms with Gasteiger partial charge in [0.25, 0.3) is 0 Å². The zero-order valence-electron chi connectivity index (χ0n) is 10.6. The van der Waals surface area contributed by atoms with Crippen molar-refractivity contribution in [2.24, 2.45) is 0 Å². The van der Waals surface area contributed by atoms with Gasteiger partial charge in [-0.3, -0.25) is 4.98 Å². The molecule has 0 aliphatic heterocycles. The van der Waals surface area contributed by atoms with E-state index in [0.29, 0.717) is 6.42 Å². The van der Waals surface area contributed by atoms with E-state index in [4.69, 9.17) is 0 Å². The van der Waals surface area contributed by atoms with Crippen LogP contribution in [0.5, 0.6) is 0 Å². The Morgan fingerprint density at radius 2 is 2.12 bits per heavy atom. The van der Waals surface area contributed by atoms with Gasteiger partial charge in [0.2, 0.25) is 0 Å². The summed E-state index contributed by atoms with van der Waals surface area (Å²) >= 11 is 0. The van der Waals surface area contributed by atoms with E-state index in [9.17, 15) is 8.42 Å². The van der Waals surface area contributed by atoms with Crippen LogP contribution in [-0.4, -0.2) is 32.5 Å². The standard InChI is InChI=1S/C12H20N2O2S/c1-10-6-4-7-12(14-10)11(13-2)8-5-9-17(3,15)16/h4,6-7,11,13H,5,8-9H2,1-3H3. The molecule has 0 bridgehead atoms. The van der Waals surface area contributed by atoms with Crippen LogP contribution in [0.25, 0.3) is 0 Å². The third kappa shape index (κ3) is 5.28. The monoisotopic (exact) mass is 256 g/mol. The van der Waals surface area contributed by atoms with Gasteiger partial charge in [-0.05, 0) is 38.9 Å². The van der Waals surface area contributed by atoms with E-state index in [-0.39, 0.29) is 11.8 Å². The summed E-state index contributed by atoms with van der Waals surface area (Å²) in [5, 5.41) is 3.17. The fourth-order valence-corrected chi connectivity index (χ4v) is 2.44. The Morgan fingerprint density at radius 3 is 2.65 bits per heavy atom. The summed E-state index contributed by atoms with van der Waals surface area (Å²) in [4.78, 5) is 4.45. The van der Waals surface area contributed by atoms with Crippen molar-refractivity contribution in [3.05, 3.63) is 29.6 Å². The van der Waals surface area contributed by atoms with Gasteiger partial charge in [-0.1, -0.05) is 6.07 Å². The first-order valence-electron chi connectivity index (χ1n) is 5.71. The molecule has 1 aromatic heterocycles. The van der Waals surface area contributed by atoms with E-state index in [1.54, 1.807) is 0 Å². The molecule has 1 atom stereocenters. The quantitative estimate of drug-likeness (QED) is 0.837. The van der Waals surface area contributed by atoms with Crippen molar-refractivity contribution < 1.29 is 8.42 Å². The highest BCUT2D eigenvalue weighted by atomic mass is 32.2. The lowest BCUT2D eigenvalue weighted by Crippen LogP contribution is -2.19. The Hall–Kier alpha value is -0.940. The molecule has 0 amide bonds. The molecule has 1 N–H and O–H groups in total. The number of aryl methyl sites for hydroxylation is 1. The number of rotatable bonds is 6. The summed E-state index contributed by atoms with van der Waals surface area (Å²) in [6, 6.07) is 6.01. The van der Waals surface area contributed by atoms with E-state index in [2.05, 4.69) is 10.3 Å². The highest BCUT2D eigenvalue weighted by Crippen LogP contribution is 2.16. The van der Waals surface area contributed by atoms with Crippen molar-refractivity contribution in [3.8, 4) is 0 Å². The molecule has 0 radical (unpaired) electrons. The third-order valence-corrected chi connectivity index (χ3v) is 3.65. The molecule has 0 saturated heterocycles. The van der Waals surface area contributed by atoms with Gasteiger partial charge in [0.05, 0.1) is 5.69 Å². The van der Waals surface area contributed by atoms with Gasteiger partial charge in [0.1, 0.15) is 9.84 Å². The topological polar surface area (TPSA) is 59.1 Å². The molecule has 1 aromatic rings. The minimum Gasteiger partial charge on any atom is -0.312 e. The average molecular weight is 256 g/mol. The lowest BCUT2D eigenvalue weighted by molar-refractivity contribution is 0.524. The van der Waals surface area contributed by atoms with Crippen LogP contribution in [0.3, 0.4) is 0 Å². The third-order valence-electron chi connectivity index (χ3n) is 2.62. The Balaban J connectivity index is 2.60. The second kappa shape index (κ2) is 6.12. The fraction of sp³-hybridized carbons (Fsp3) is 0.583. The Labute approximate surface area is 103 Å². The highest BCUT2D eigenvalue weighted by molar-refractivity contribution is 7.90. The fourth-order valence-electron chi connectivity index (χ4n) is 1.75. The maximum atomic E-state index is 11.1. The van der Waals surface area contributed by atoms with Gasteiger partial charge < -0.3 is 5.32 Å². The molecular formula is C12H20N2O2S. The zero-order valence-corrected chi connectivity index (χ0v) is 11.4. The number of aromatic nitrogens is 1. The lowest BCUT2D eigenvalue weighted by Gasteiger charge is -2.15. The smallest absolute Gasteiger partial charge is 0.147 e.